The molecule has 0 radical (unpaired) electrons. The van der Waals surface area contributed by atoms with E-state index in [1.54, 1.807) is 6.92 Å². The minimum absolute atomic E-state index is 0.0500. The number of amidine groups is 1. The Labute approximate surface area is 125 Å². The molecule has 0 aliphatic heterocycles. The molecule has 0 heterocycles. The molecule has 0 spiro atoms. The first kappa shape index (κ1) is 17.5. The van der Waals surface area contributed by atoms with E-state index in [-0.39, 0.29) is 18.0 Å². The van der Waals surface area contributed by atoms with Crippen LogP contribution in [0.4, 0.5) is 8.78 Å². The number of halogens is 2. The number of rotatable bonds is 7. The van der Waals surface area contributed by atoms with Crippen LogP contribution in [0.15, 0.2) is 35.0 Å². The molecular weight excluding hydrogens is 272 g/mol. The van der Waals surface area contributed by atoms with E-state index >= 15 is 0 Å². The fourth-order valence-corrected chi connectivity index (χ4v) is 2.50. The summed E-state index contributed by atoms with van der Waals surface area (Å²) < 4.78 is 25.9. The molecule has 1 saturated carbocycles. The number of alkyl halides is 2. The summed E-state index contributed by atoms with van der Waals surface area (Å²) >= 11 is 0. The van der Waals surface area contributed by atoms with E-state index < -0.39 is 6.43 Å². The van der Waals surface area contributed by atoms with Gasteiger partial charge in [0.25, 0.3) is 6.43 Å². The van der Waals surface area contributed by atoms with Gasteiger partial charge in [0.1, 0.15) is 5.84 Å². The number of aliphatic imine (C=N–C) groups is 2. The molecule has 118 valence electrons. The first-order valence-corrected chi connectivity index (χ1v) is 7.45. The number of nitrogens with one attached hydrogen (secondary N) is 1. The maximum absolute atomic E-state index is 13.0. The van der Waals surface area contributed by atoms with Crippen molar-refractivity contribution < 1.29 is 8.78 Å². The molecule has 1 aliphatic carbocycles. The first-order chi connectivity index (χ1) is 10.0. The highest BCUT2D eigenvalue weighted by atomic mass is 19.3. The fraction of sp³-hybridized carbons (Fsp3) is 0.625. The Bertz CT molecular complexity index is 408. The summed E-state index contributed by atoms with van der Waals surface area (Å²) in [7, 11) is 0. The molecule has 5 heteroatoms. The number of hydrogen-bond acceptors (Lipinski definition) is 2. The molecule has 0 unspecified atom stereocenters. The van der Waals surface area contributed by atoms with Crippen LogP contribution in [0, 0.1) is 5.92 Å². The Hall–Kier alpha value is -1.52. The van der Waals surface area contributed by atoms with Crippen molar-refractivity contribution in [2.45, 2.75) is 51.9 Å². The second-order valence-corrected chi connectivity index (χ2v) is 5.43. The summed E-state index contributed by atoms with van der Waals surface area (Å²) in [4.78, 5) is 7.63. The second-order valence-electron chi connectivity index (χ2n) is 5.43. The van der Waals surface area contributed by atoms with Gasteiger partial charge in [0.2, 0.25) is 0 Å². The molecule has 0 saturated heterocycles. The Kier molecular flexibility index (Phi) is 7.87. The topological polar surface area (TPSA) is 36.8 Å². The van der Waals surface area contributed by atoms with Crippen LogP contribution >= 0.6 is 0 Å². The smallest absolute Gasteiger partial charge is 0.277 e. The zero-order valence-corrected chi connectivity index (χ0v) is 12.7. The van der Waals surface area contributed by atoms with Gasteiger partial charge < -0.3 is 5.32 Å². The monoisotopic (exact) mass is 297 g/mol. The summed E-state index contributed by atoms with van der Waals surface area (Å²) in [6.07, 6.45) is 4.99. The highest BCUT2D eigenvalue weighted by molar-refractivity contribution is 5.99. The number of nitrogens with zero attached hydrogens (tertiary/aromatic N) is 2. The van der Waals surface area contributed by atoms with E-state index in [0.717, 1.165) is 6.54 Å². The van der Waals surface area contributed by atoms with Gasteiger partial charge in [0.05, 0.1) is 5.71 Å². The molecule has 0 bridgehead atoms. The zero-order chi connectivity index (χ0) is 15.7. The van der Waals surface area contributed by atoms with Crippen molar-refractivity contribution in [3.63, 3.8) is 0 Å². The van der Waals surface area contributed by atoms with E-state index in [0.29, 0.717) is 11.6 Å². The van der Waals surface area contributed by atoms with Gasteiger partial charge in [-0.25, -0.2) is 18.8 Å². The van der Waals surface area contributed by atoms with Gasteiger partial charge in [-0.15, -0.1) is 0 Å². The molecule has 1 fully saturated rings. The third kappa shape index (κ3) is 7.16. The van der Waals surface area contributed by atoms with E-state index in [1.165, 1.54) is 38.3 Å². The molecule has 0 amide bonds. The molecular formula is C16H25F2N3. The molecule has 1 aliphatic rings. The van der Waals surface area contributed by atoms with Crippen molar-refractivity contribution in [2.24, 2.45) is 15.9 Å². The number of hydrogen-bond donors (Lipinski definition) is 1. The van der Waals surface area contributed by atoms with Gasteiger partial charge in [-0.05, 0) is 25.7 Å². The molecule has 1 rings (SSSR count). The second kappa shape index (κ2) is 9.42. The van der Waals surface area contributed by atoms with Crippen molar-refractivity contribution in [3.05, 3.63) is 25.1 Å². The predicted octanol–water partition coefficient (Wildman–Crippen LogP) is 4.33. The molecule has 1 N–H and O–H groups in total. The predicted molar refractivity (Wildman–Crippen MR) is 85.1 cm³/mol. The van der Waals surface area contributed by atoms with Gasteiger partial charge in [-0.3, -0.25) is 0 Å². The van der Waals surface area contributed by atoms with Gasteiger partial charge >= 0.3 is 0 Å². The fourth-order valence-electron chi connectivity index (χ4n) is 2.50. The van der Waals surface area contributed by atoms with Gasteiger partial charge in [0.15, 0.2) is 0 Å². The van der Waals surface area contributed by atoms with Crippen molar-refractivity contribution in [1.82, 2.24) is 5.32 Å². The third-order valence-electron chi connectivity index (χ3n) is 3.60. The van der Waals surface area contributed by atoms with Crippen molar-refractivity contribution in [3.8, 4) is 0 Å². The van der Waals surface area contributed by atoms with Crippen LogP contribution in [0.5, 0.6) is 0 Å². The highest BCUT2D eigenvalue weighted by Crippen LogP contribution is 2.23. The Morgan fingerprint density at radius 3 is 2.57 bits per heavy atom. The van der Waals surface area contributed by atoms with Gasteiger partial charge in [-0.2, -0.15) is 0 Å². The quantitative estimate of drug-likeness (QED) is 0.551. The Morgan fingerprint density at radius 1 is 1.33 bits per heavy atom. The summed E-state index contributed by atoms with van der Waals surface area (Å²) in [5, 5.41) is 3.17. The van der Waals surface area contributed by atoms with E-state index in [4.69, 9.17) is 0 Å². The maximum atomic E-state index is 13.0. The van der Waals surface area contributed by atoms with Crippen LogP contribution in [0.2, 0.25) is 0 Å². The van der Waals surface area contributed by atoms with Crippen molar-refractivity contribution in [1.29, 1.82) is 0 Å². The largest absolute Gasteiger partial charge is 0.388 e. The van der Waals surface area contributed by atoms with Crippen molar-refractivity contribution in [2.75, 3.05) is 6.54 Å². The molecule has 0 atom stereocenters. The van der Waals surface area contributed by atoms with Crippen molar-refractivity contribution >= 4 is 11.5 Å². The van der Waals surface area contributed by atoms with Gasteiger partial charge in [0, 0.05) is 24.9 Å². The molecule has 21 heavy (non-hydrogen) atoms. The molecule has 3 nitrogen and oxygen atoms in total. The summed E-state index contributed by atoms with van der Waals surface area (Å²) in [5.74, 6) is 0.909. The standard InChI is InChI=1S/C16H25F2N3/c1-4-19-13(3)21-15(16(17)18)10-12(2)20-11-14-8-6-5-7-9-14/h4,14,16,20H,1-2,5-11H2,3H3. The Morgan fingerprint density at radius 2 is 2.00 bits per heavy atom. The highest BCUT2D eigenvalue weighted by Gasteiger charge is 2.17. The summed E-state index contributed by atoms with van der Waals surface area (Å²) in [5.41, 5.74) is 0.380. The Balaban J connectivity index is 2.48. The third-order valence-corrected chi connectivity index (χ3v) is 3.60. The average Bonchev–Trinajstić information content (AvgIpc) is 2.45. The summed E-state index contributed by atoms with van der Waals surface area (Å²) in [6.45, 7) is 9.64. The normalized spacial score (nSPS) is 17.9. The lowest BCUT2D eigenvalue weighted by Crippen LogP contribution is -2.26. The van der Waals surface area contributed by atoms with E-state index in [1.807, 2.05) is 0 Å². The molecule has 0 aromatic rings. The van der Waals surface area contributed by atoms with Crippen LogP contribution in [0.3, 0.4) is 0 Å². The first-order valence-electron chi connectivity index (χ1n) is 7.45. The summed E-state index contributed by atoms with van der Waals surface area (Å²) in [6, 6.07) is 0. The van der Waals surface area contributed by atoms with E-state index in [9.17, 15) is 8.78 Å². The van der Waals surface area contributed by atoms with E-state index in [2.05, 4.69) is 28.5 Å². The zero-order valence-electron chi connectivity index (χ0n) is 12.7. The maximum Gasteiger partial charge on any atom is 0.277 e. The SMILES string of the molecule is C=CN=C(C)N=C(CC(=C)NCC1CCCCC1)C(F)F. The van der Waals surface area contributed by atoms with Crippen LogP contribution in [-0.4, -0.2) is 24.5 Å². The van der Waals surface area contributed by atoms with Gasteiger partial charge in [-0.1, -0.05) is 32.4 Å². The van der Waals surface area contributed by atoms with Crippen LogP contribution in [0.25, 0.3) is 0 Å². The van der Waals surface area contributed by atoms with Crippen LogP contribution < -0.4 is 5.32 Å². The lowest BCUT2D eigenvalue weighted by Gasteiger charge is -2.23. The van der Waals surface area contributed by atoms with Crippen LogP contribution in [-0.2, 0) is 0 Å². The minimum atomic E-state index is -2.60. The average molecular weight is 297 g/mol. The number of allylic oxidation sites excluding steroid dienone is 1. The molecule has 0 aromatic heterocycles. The lowest BCUT2D eigenvalue weighted by atomic mass is 9.89. The van der Waals surface area contributed by atoms with Crippen LogP contribution in [0.1, 0.15) is 45.4 Å². The lowest BCUT2D eigenvalue weighted by molar-refractivity contribution is 0.223. The molecule has 0 aromatic carbocycles. The minimum Gasteiger partial charge on any atom is -0.388 e.